The molecule has 0 radical (unpaired) electrons. The topological polar surface area (TPSA) is 9.23 Å². The summed E-state index contributed by atoms with van der Waals surface area (Å²) in [5.74, 6) is -3.71. The van der Waals surface area contributed by atoms with Crippen LogP contribution in [0.15, 0.2) is 18.2 Å². The van der Waals surface area contributed by atoms with Crippen LogP contribution in [0, 0.1) is 5.82 Å². The highest BCUT2D eigenvalue weighted by molar-refractivity contribution is 5.30. The molecule has 0 fully saturated rings. The molecule has 1 nitrogen and oxygen atoms in total. The number of methoxy groups -OCH3 is 1. The molecule has 0 aliphatic heterocycles. The van der Waals surface area contributed by atoms with E-state index in [1.54, 1.807) is 0 Å². The quantitative estimate of drug-likeness (QED) is 0.735. The standard InChI is InChI=1S/C10H11F3O/c1-10(12,13)9-5-8(11)4-3-7(9)6-14-2/h3-5H,6H2,1-2H3. The predicted molar refractivity (Wildman–Crippen MR) is 46.7 cm³/mol. The van der Waals surface area contributed by atoms with Gasteiger partial charge in [-0.2, -0.15) is 0 Å². The lowest BCUT2D eigenvalue weighted by atomic mass is 10.0. The van der Waals surface area contributed by atoms with Crippen molar-refractivity contribution in [2.24, 2.45) is 0 Å². The average Bonchev–Trinajstić information content (AvgIpc) is 2.07. The van der Waals surface area contributed by atoms with Crippen LogP contribution in [0.4, 0.5) is 13.2 Å². The van der Waals surface area contributed by atoms with E-state index in [0.29, 0.717) is 5.56 Å². The van der Waals surface area contributed by atoms with E-state index in [2.05, 4.69) is 0 Å². The average molecular weight is 204 g/mol. The molecule has 78 valence electrons. The van der Waals surface area contributed by atoms with Gasteiger partial charge in [0.1, 0.15) is 5.82 Å². The van der Waals surface area contributed by atoms with Gasteiger partial charge in [0.2, 0.25) is 0 Å². The maximum absolute atomic E-state index is 13.0. The fraction of sp³-hybridized carbons (Fsp3) is 0.400. The second kappa shape index (κ2) is 4.00. The van der Waals surface area contributed by atoms with E-state index in [1.807, 2.05) is 0 Å². The van der Waals surface area contributed by atoms with Crippen LogP contribution < -0.4 is 0 Å². The fourth-order valence-electron chi connectivity index (χ4n) is 1.24. The summed E-state index contributed by atoms with van der Waals surface area (Å²) in [5.41, 5.74) is -0.0132. The third-order valence-electron chi connectivity index (χ3n) is 1.84. The maximum atomic E-state index is 13.0. The Bertz CT molecular complexity index is 318. The van der Waals surface area contributed by atoms with Gasteiger partial charge in [-0.3, -0.25) is 0 Å². The third-order valence-corrected chi connectivity index (χ3v) is 1.84. The highest BCUT2D eigenvalue weighted by atomic mass is 19.3. The number of rotatable bonds is 3. The van der Waals surface area contributed by atoms with Crippen LogP contribution in [-0.4, -0.2) is 7.11 Å². The van der Waals surface area contributed by atoms with E-state index in [0.717, 1.165) is 19.1 Å². The smallest absolute Gasteiger partial charge is 0.270 e. The first-order valence-electron chi connectivity index (χ1n) is 4.11. The van der Waals surface area contributed by atoms with E-state index in [-0.39, 0.29) is 12.2 Å². The van der Waals surface area contributed by atoms with Gasteiger partial charge in [-0.15, -0.1) is 0 Å². The van der Waals surface area contributed by atoms with Gasteiger partial charge in [0.05, 0.1) is 6.61 Å². The van der Waals surface area contributed by atoms with Crippen molar-refractivity contribution in [2.75, 3.05) is 7.11 Å². The van der Waals surface area contributed by atoms with Gasteiger partial charge in [0, 0.05) is 19.6 Å². The van der Waals surface area contributed by atoms with Gasteiger partial charge in [-0.05, 0) is 17.7 Å². The van der Waals surface area contributed by atoms with Crippen LogP contribution in [0.1, 0.15) is 18.1 Å². The Morgan fingerprint density at radius 3 is 2.50 bits per heavy atom. The Balaban J connectivity index is 3.16. The summed E-state index contributed by atoms with van der Waals surface area (Å²) in [6.45, 7) is 0.792. The molecule has 14 heavy (non-hydrogen) atoms. The number of halogens is 3. The van der Waals surface area contributed by atoms with Gasteiger partial charge < -0.3 is 4.74 Å². The Labute approximate surface area is 80.5 Å². The lowest BCUT2D eigenvalue weighted by Gasteiger charge is -2.15. The normalized spacial score (nSPS) is 11.8. The third kappa shape index (κ3) is 2.48. The molecule has 0 aromatic heterocycles. The Kier molecular flexibility index (Phi) is 3.16. The minimum absolute atomic E-state index is 0.0546. The zero-order valence-electron chi connectivity index (χ0n) is 7.98. The molecule has 0 aliphatic rings. The van der Waals surface area contributed by atoms with E-state index in [9.17, 15) is 13.2 Å². The van der Waals surface area contributed by atoms with Crippen molar-refractivity contribution in [3.05, 3.63) is 35.1 Å². The number of alkyl halides is 2. The molecule has 0 N–H and O–H groups in total. The SMILES string of the molecule is COCc1ccc(F)cc1C(C)(F)F. The molecule has 0 saturated heterocycles. The van der Waals surface area contributed by atoms with E-state index in [1.165, 1.54) is 13.2 Å². The van der Waals surface area contributed by atoms with Crippen LogP contribution in [0.3, 0.4) is 0 Å². The molecule has 0 bridgehead atoms. The molecule has 4 heteroatoms. The van der Waals surface area contributed by atoms with Crippen molar-refractivity contribution in [3.8, 4) is 0 Å². The van der Waals surface area contributed by atoms with E-state index >= 15 is 0 Å². The van der Waals surface area contributed by atoms with E-state index < -0.39 is 11.7 Å². The number of hydrogen-bond donors (Lipinski definition) is 0. The van der Waals surface area contributed by atoms with E-state index in [4.69, 9.17) is 4.74 Å². The number of hydrogen-bond acceptors (Lipinski definition) is 1. The van der Waals surface area contributed by atoms with Crippen LogP contribution in [-0.2, 0) is 17.3 Å². The summed E-state index contributed by atoms with van der Waals surface area (Å²) >= 11 is 0. The fourth-order valence-corrected chi connectivity index (χ4v) is 1.24. The van der Waals surface area contributed by atoms with Crippen molar-refractivity contribution in [2.45, 2.75) is 19.5 Å². The lowest BCUT2D eigenvalue weighted by molar-refractivity contribution is 0.0144. The monoisotopic (exact) mass is 204 g/mol. The molecule has 1 rings (SSSR count). The minimum atomic E-state index is -3.05. The van der Waals surface area contributed by atoms with Gasteiger partial charge in [0.25, 0.3) is 5.92 Å². The van der Waals surface area contributed by atoms with Crippen molar-refractivity contribution < 1.29 is 17.9 Å². The second-order valence-corrected chi connectivity index (χ2v) is 3.12. The molecule has 0 unspecified atom stereocenters. The van der Waals surface area contributed by atoms with Crippen LogP contribution in [0.2, 0.25) is 0 Å². The highest BCUT2D eigenvalue weighted by Crippen LogP contribution is 2.30. The summed E-state index contributed by atoms with van der Waals surface area (Å²) in [6, 6.07) is 3.30. The summed E-state index contributed by atoms with van der Waals surface area (Å²) in [7, 11) is 1.40. The highest BCUT2D eigenvalue weighted by Gasteiger charge is 2.27. The van der Waals surface area contributed by atoms with Crippen molar-refractivity contribution in [1.29, 1.82) is 0 Å². The predicted octanol–water partition coefficient (Wildman–Crippen LogP) is 3.08. The molecule has 0 atom stereocenters. The lowest BCUT2D eigenvalue weighted by Crippen LogP contribution is -2.11. The van der Waals surface area contributed by atoms with Gasteiger partial charge >= 0.3 is 0 Å². The van der Waals surface area contributed by atoms with Gasteiger partial charge in [-0.1, -0.05) is 6.07 Å². The largest absolute Gasteiger partial charge is 0.380 e. The molecule has 0 amide bonds. The first kappa shape index (κ1) is 11.0. The van der Waals surface area contributed by atoms with Crippen molar-refractivity contribution in [3.63, 3.8) is 0 Å². The minimum Gasteiger partial charge on any atom is -0.380 e. The summed E-state index contributed by atoms with van der Waals surface area (Å²) in [6.07, 6.45) is 0. The maximum Gasteiger partial charge on any atom is 0.270 e. The van der Waals surface area contributed by atoms with Crippen molar-refractivity contribution in [1.82, 2.24) is 0 Å². The molecule has 0 heterocycles. The second-order valence-electron chi connectivity index (χ2n) is 3.12. The molecular weight excluding hydrogens is 193 g/mol. The molecule has 1 aromatic carbocycles. The molecule has 1 aromatic rings. The van der Waals surface area contributed by atoms with Gasteiger partial charge in [-0.25, -0.2) is 13.2 Å². The zero-order chi connectivity index (χ0) is 10.8. The molecule has 0 aliphatic carbocycles. The zero-order valence-corrected chi connectivity index (χ0v) is 7.98. The van der Waals surface area contributed by atoms with Crippen molar-refractivity contribution >= 4 is 0 Å². The molecule has 0 saturated carbocycles. The molecule has 0 spiro atoms. The summed E-state index contributed by atoms with van der Waals surface area (Å²) in [4.78, 5) is 0. The molecular formula is C10H11F3O. The van der Waals surface area contributed by atoms with Crippen LogP contribution in [0.25, 0.3) is 0 Å². The Hall–Kier alpha value is -1.03. The summed E-state index contributed by atoms with van der Waals surface area (Å²) in [5, 5.41) is 0. The van der Waals surface area contributed by atoms with Gasteiger partial charge in [0.15, 0.2) is 0 Å². The Morgan fingerprint density at radius 1 is 1.36 bits per heavy atom. The number of ether oxygens (including phenoxy) is 1. The number of benzene rings is 1. The van der Waals surface area contributed by atoms with Crippen LogP contribution in [0.5, 0.6) is 0 Å². The summed E-state index contributed by atoms with van der Waals surface area (Å²) < 4.78 is 43.5. The van der Waals surface area contributed by atoms with Crippen LogP contribution >= 0.6 is 0 Å². The Morgan fingerprint density at radius 2 is 2.00 bits per heavy atom. The first-order valence-corrected chi connectivity index (χ1v) is 4.11. The first-order chi connectivity index (χ1) is 6.45.